The average molecular weight is 267 g/mol. The van der Waals surface area contributed by atoms with E-state index >= 15 is 0 Å². The first-order valence-electron chi connectivity index (χ1n) is 6.65. The fourth-order valence-corrected chi connectivity index (χ4v) is 2.24. The summed E-state index contributed by atoms with van der Waals surface area (Å²) >= 11 is 0. The van der Waals surface area contributed by atoms with Crippen molar-refractivity contribution in [1.82, 2.24) is 9.78 Å². The van der Waals surface area contributed by atoms with Crippen molar-refractivity contribution in [3.8, 4) is 11.4 Å². The number of ether oxygens (including phenoxy) is 1. The minimum atomic E-state index is 0.0851. The molecule has 0 saturated carbocycles. The first kappa shape index (κ1) is 12.5. The van der Waals surface area contributed by atoms with Gasteiger partial charge in [0.2, 0.25) is 0 Å². The second kappa shape index (κ2) is 4.89. The molecule has 4 nitrogen and oxygen atoms in total. The largest absolute Gasteiger partial charge is 0.489 e. The van der Waals surface area contributed by atoms with Crippen LogP contribution in [0.3, 0.4) is 0 Å². The number of hydrogen-bond donors (Lipinski definition) is 1. The summed E-state index contributed by atoms with van der Waals surface area (Å²) in [4.78, 5) is 0. The third-order valence-electron chi connectivity index (χ3n) is 3.11. The Morgan fingerprint density at radius 1 is 1.10 bits per heavy atom. The molecule has 0 spiro atoms. The molecule has 0 amide bonds. The van der Waals surface area contributed by atoms with Crippen LogP contribution in [0.15, 0.2) is 48.7 Å². The Morgan fingerprint density at radius 2 is 1.90 bits per heavy atom. The molecule has 0 aliphatic heterocycles. The van der Waals surface area contributed by atoms with Crippen LogP contribution in [0.2, 0.25) is 0 Å². The lowest BCUT2D eigenvalue weighted by atomic mass is 10.2. The fourth-order valence-electron chi connectivity index (χ4n) is 2.24. The van der Waals surface area contributed by atoms with Crippen LogP contribution in [0.5, 0.6) is 5.75 Å². The second-order valence-electron chi connectivity index (χ2n) is 4.97. The van der Waals surface area contributed by atoms with Crippen LogP contribution in [0.4, 0.5) is 5.69 Å². The summed E-state index contributed by atoms with van der Waals surface area (Å²) in [7, 11) is 0. The number of anilines is 1. The smallest absolute Gasteiger partial charge is 0.144 e. The summed E-state index contributed by atoms with van der Waals surface area (Å²) < 4.78 is 7.57. The van der Waals surface area contributed by atoms with Crippen molar-refractivity contribution >= 4 is 16.6 Å². The molecule has 3 rings (SSSR count). The number of nitrogens with zero attached hydrogens (tertiary/aromatic N) is 2. The number of hydrogen-bond acceptors (Lipinski definition) is 3. The highest BCUT2D eigenvalue weighted by atomic mass is 16.5. The molecule has 3 aromatic rings. The maximum atomic E-state index is 6.23. The summed E-state index contributed by atoms with van der Waals surface area (Å²) in [6.45, 7) is 3.96. The Kier molecular flexibility index (Phi) is 3.06. The van der Waals surface area contributed by atoms with Gasteiger partial charge in [0, 0.05) is 5.39 Å². The van der Waals surface area contributed by atoms with Gasteiger partial charge in [-0.1, -0.05) is 24.3 Å². The van der Waals surface area contributed by atoms with Gasteiger partial charge in [0.1, 0.15) is 11.4 Å². The molecule has 2 aromatic carbocycles. The molecule has 0 saturated heterocycles. The highest BCUT2D eigenvalue weighted by Crippen LogP contribution is 2.30. The van der Waals surface area contributed by atoms with Crippen LogP contribution in [0.25, 0.3) is 16.6 Å². The molecule has 1 aromatic heterocycles. The van der Waals surface area contributed by atoms with Gasteiger partial charge >= 0.3 is 0 Å². The summed E-state index contributed by atoms with van der Waals surface area (Å²) in [6, 6.07) is 13.8. The first-order chi connectivity index (χ1) is 9.66. The third-order valence-corrected chi connectivity index (χ3v) is 3.11. The standard InChI is InChI=1S/C16H17N3O/c1-11(2)20-15-9-5-8-14(16(15)17)19-13-7-4-3-6-12(13)10-18-19/h3-11H,17H2,1-2H3. The van der Waals surface area contributed by atoms with Crippen LogP contribution in [0, 0.1) is 0 Å². The van der Waals surface area contributed by atoms with E-state index in [4.69, 9.17) is 10.5 Å². The lowest BCUT2D eigenvalue weighted by molar-refractivity contribution is 0.244. The van der Waals surface area contributed by atoms with Crippen LogP contribution in [-0.4, -0.2) is 15.9 Å². The van der Waals surface area contributed by atoms with Crippen molar-refractivity contribution in [3.63, 3.8) is 0 Å². The van der Waals surface area contributed by atoms with Gasteiger partial charge in [-0.2, -0.15) is 5.10 Å². The zero-order valence-electron chi connectivity index (χ0n) is 11.6. The van der Waals surface area contributed by atoms with Gasteiger partial charge in [0.05, 0.1) is 23.5 Å². The van der Waals surface area contributed by atoms with E-state index in [1.807, 2.05) is 67.2 Å². The molecule has 0 radical (unpaired) electrons. The van der Waals surface area contributed by atoms with E-state index in [2.05, 4.69) is 5.10 Å². The van der Waals surface area contributed by atoms with Crippen LogP contribution in [-0.2, 0) is 0 Å². The minimum absolute atomic E-state index is 0.0851. The summed E-state index contributed by atoms with van der Waals surface area (Å²) in [5, 5.41) is 5.51. The topological polar surface area (TPSA) is 53.1 Å². The second-order valence-corrected chi connectivity index (χ2v) is 4.97. The van der Waals surface area contributed by atoms with Gasteiger partial charge in [0.15, 0.2) is 0 Å². The van der Waals surface area contributed by atoms with Gasteiger partial charge in [-0.05, 0) is 32.0 Å². The molecule has 4 heteroatoms. The minimum Gasteiger partial charge on any atom is -0.489 e. The van der Waals surface area contributed by atoms with Crippen molar-refractivity contribution in [3.05, 3.63) is 48.7 Å². The van der Waals surface area contributed by atoms with Crippen molar-refractivity contribution in [1.29, 1.82) is 0 Å². The summed E-state index contributed by atoms with van der Waals surface area (Å²) in [6.07, 6.45) is 1.92. The highest BCUT2D eigenvalue weighted by Gasteiger charge is 2.11. The van der Waals surface area contributed by atoms with Gasteiger partial charge in [-0.15, -0.1) is 0 Å². The molecule has 102 valence electrons. The SMILES string of the molecule is CC(C)Oc1cccc(-n2ncc3ccccc32)c1N. The third kappa shape index (κ3) is 2.09. The predicted octanol–water partition coefficient (Wildman–Crippen LogP) is 3.39. The lowest BCUT2D eigenvalue weighted by Gasteiger charge is -2.15. The van der Waals surface area contributed by atoms with E-state index in [0.29, 0.717) is 11.4 Å². The van der Waals surface area contributed by atoms with Gasteiger partial charge in [0.25, 0.3) is 0 Å². The van der Waals surface area contributed by atoms with E-state index in [1.165, 1.54) is 0 Å². The van der Waals surface area contributed by atoms with E-state index < -0.39 is 0 Å². The Balaban J connectivity index is 2.15. The van der Waals surface area contributed by atoms with Gasteiger partial charge < -0.3 is 10.5 Å². The Bertz CT molecular complexity index is 746. The molecule has 2 N–H and O–H groups in total. The molecule has 0 aliphatic rings. The Labute approximate surface area is 117 Å². The monoisotopic (exact) mass is 267 g/mol. The molecule has 0 atom stereocenters. The predicted molar refractivity (Wildman–Crippen MR) is 81.2 cm³/mol. The van der Waals surface area contributed by atoms with Crippen molar-refractivity contribution in [2.45, 2.75) is 20.0 Å². The number of nitrogens with two attached hydrogens (primary N) is 1. The van der Waals surface area contributed by atoms with E-state index in [-0.39, 0.29) is 6.10 Å². The normalized spacial score (nSPS) is 11.2. The van der Waals surface area contributed by atoms with Crippen LogP contribution >= 0.6 is 0 Å². The van der Waals surface area contributed by atoms with Crippen molar-refractivity contribution in [2.24, 2.45) is 0 Å². The zero-order chi connectivity index (χ0) is 14.1. The molecule has 0 fully saturated rings. The Hall–Kier alpha value is -2.49. The number of nitrogen functional groups attached to an aromatic ring is 1. The number of fused-ring (bicyclic) bond motifs is 1. The number of benzene rings is 2. The number of rotatable bonds is 3. The van der Waals surface area contributed by atoms with E-state index in [0.717, 1.165) is 16.6 Å². The fraction of sp³-hybridized carbons (Fsp3) is 0.188. The van der Waals surface area contributed by atoms with Gasteiger partial charge in [-0.3, -0.25) is 0 Å². The van der Waals surface area contributed by atoms with Crippen LogP contribution in [0.1, 0.15) is 13.8 Å². The maximum Gasteiger partial charge on any atom is 0.144 e. The quantitative estimate of drug-likeness (QED) is 0.740. The zero-order valence-corrected chi connectivity index (χ0v) is 11.6. The van der Waals surface area contributed by atoms with E-state index in [1.54, 1.807) is 0 Å². The molecule has 1 heterocycles. The summed E-state index contributed by atoms with van der Waals surface area (Å²) in [5.41, 5.74) is 8.70. The molecule has 0 aliphatic carbocycles. The van der Waals surface area contributed by atoms with Crippen molar-refractivity contribution in [2.75, 3.05) is 5.73 Å². The maximum absolute atomic E-state index is 6.23. The average Bonchev–Trinajstić information content (AvgIpc) is 2.85. The Morgan fingerprint density at radius 3 is 2.70 bits per heavy atom. The molecule has 20 heavy (non-hydrogen) atoms. The van der Waals surface area contributed by atoms with Crippen LogP contribution < -0.4 is 10.5 Å². The molecular formula is C16H17N3O. The summed E-state index contributed by atoms with van der Waals surface area (Å²) in [5.74, 6) is 0.692. The highest BCUT2D eigenvalue weighted by molar-refractivity contribution is 5.82. The number of para-hydroxylation sites is 2. The first-order valence-corrected chi connectivity index (χ1v) is 6.65. The van der Waals surface area contributed by atoms with Gasteiger partial charge in [-0.25, -0.2) is 4.68 Å². The molecular weight excluding hydrogens is 250 g/mol. The van der Waals surface area contributed by atoms with Crippen molar-refractivity contribution < 1.29 is 4.74 Å². The number of aromatic nitrogens is 2. The van der Waals surface area contributed by atoms with E-state index in [9.17, 15) is 0 Å². The molecule has 0 bridgehead atoms. The molecule has 0 unspecified atom stereocenters. The lowest BCUT2D eigenvalue weighted by Crippen LogP contribution is -2.09.